The monoisotopic (exact) mass is 258 g/mol. The van der Waals surface area contributed by atoms with E-state index in [9.17, 15) is 0 Å². The van der Waals surface area contributed by atoms with Crippen molar-refractivity contribution in [2.75, 3.05) is 5.32 Å². The molecule has 0 radical (unpaired) electrons. The van der Waals surface area contributed by atoms with Crippen molar-refractivity contribution in [3.05, 3.63) is 40.5 Å². The number of hydrogen-bond acceptors (Lipinski definition) is 5. The van der Waals surface area contributed by atoms with Gasteiger partial charge in [0.15, 0.2) is 11.5 Å². The molecule has 2 aromatic heterocycles. The standard InChI is InChI=1S/C13H14N4S/c1-9(2)12(11-4-3-7-18-11)17-13-10(8-14)15-5-6-16-13/h3-7,9,12H,1-2H3,(H,16,17). The Labute approximate surface area is 110 Å². The number of rotatable bonds is 4. The number of anilines is 1. The Kier molecular flexibility index (Phi) is 3.90. The van der Waals surface area contributed by atoms with Gasteiger partial charge in [-0.05, 0) is 17.4 Å². The summed E-state index contributed by atoms with van der Waals surface area (Å²) in [5, 5.41) is 14.4. The Bertz CT molecular complexity index is 542. The van der Waals surface area contributed by atoms with Crippen LogP contribution in [0.15, 0.2) is 29.9 Å². The molecule has 0 aliphatic heterocycles. The summed E-state index contributed by atoms with van der Waals surface area (Å²) in [6.07, 6.45) is 3.12. The molecule has 1 unspecified atom stereocenters. The lowest BCUT2D eigenvalue weighted by atomic mass is 10.0. The number of nitrogens with one attached hydrogen (secondary N) is 1. The summed E-state index contributed by atoms with van der Waals surface area (Å²) in [7, 11) is 0. The third-order valence-electron chi connectivity index (χ3n) is 2.61. The molecule has 2 rings (SSSR count). The Hall–Kier alpha value is -1.93. The van der Waals surface area contributed by atoms with Gasteiger partial charge in [0, 0.05) is 17.3 Å². The van der Waals surface area contributed by atoms with Crippen LogP contribution in [0.4, 0.5) is 5.82 Å². The van der Waals surface area contributed by atoms with Crippen LogP contribution in [0.5, 0.6) is 0 Å². The highest BCUT2D eigenvalue weighted by Crippen LogP contribution is 2.29. The normalized spacial score (nSPS) is 12.1. The molecule has 2 heterocycles. The molecule has 4 nitrogen and oxygen atoms in total. The maximum Gasteiger partial charge on any atom is 0.182 e. The number of hydrogen-bond donors (Lipinski definition) is 1. The lowest BCUT2D eigenvalue weighted by Crippen LogP contribution is -2.17. The maximum absolute atomic E-state index is 9.01. The molecule has 0 aromatic carbocycles. The van der Waals surface area contributed by atoms with Crippen LogP contribution in [0, 0.1) is 17.2 Å². The first kappa shape index (κ1) is 12.5. The first-order valence-electron chi connectivity index (χ1n) is 5.73. The smallest absolute Gasteiger partial charge is 0.182 e. The number of aromatic nitrogens is 2. The summed E-state index contributed by atoms with van der Waals surface area (Å²) in [5.41, 5.74) is 0.333. The fourth-order valence-electron chi connectivity index (χ4n) is 1.71. The van der Waals surface area contributed by atoms with Crippen molar-refractivity contribution in [2.45, 2.75) is 19.9 Å². The minimum absolute atomic E-state index is 0.147. The minimum atomic E-state index is 0.147. The molecule has 0 aliphatic carbocycles. The number of thiophene rings is 1. The van der Waals surface area contributed by atoms with E-state index in [1.54, 1.807) is 17.5 Å². The molecule has 1 N–H and O–H groups in total. The highest BCUT2D eigenvalue weighted by Gasteiger charge is 2.18. The zero-order valence-corrected chi connectivity index (χ0v) is 11.1. The number of nitrogens with zero attached hydrogens (tertiary/aromatic N) is 3. The first-order valence-corrected chi connectivity index (χ1v) is 6.61. The molecule has 0 saturated heterocycles. The summed E-state index contributed by atoms with van der Waals surface area (Å²) < 4.78 is 0. The summed E-state index contributed by atoms with van der Waals surface area (Å²) in [6.45, 7) is 4.28. The molecule has 1 atom stereocenters. The maximum atomic E-state index is 9.01. The first-order chi connectivity index (χ1) is 8.72. The van der Waals surface area contributed by atoms with Gasteiger partial charge < -0.3 is 5.32 Å². The average Bonchev–Trinajstić information content (AvgIpc) is 2.89. The van der Waals surface area contributed by atoms with Crippen LogP contribution in [-0.2, 0) is 0 Å². The fraction of sp³-hybridized carbons (Fsp3) is 0.308. The fourth-order valence-corrected chi connectivity index (χ4v) is 2.66. The van der Waals surface area contributed by atoms with Crippen LogP contribution in [0.3, 0.4) is 0 Å². The van der Waals surface area contributed by atoms with Gasteiger partial charge in [0.25, 0.3) is 0 Å². The lowest BCUT2D eigenvalue weighted by Gasteiger charge is -2.21. The molecule has 0 saturated carbocycles. The van der Waals surface area contributed by atoms with Gasteiger partial charge in [-0.1, -0.05) is 19.9 Å². The lowest BCUT2D eigenvalue weighted by molar-refractivity contribution is 0.551. The van der Waals surface area contributed by atoms with Crippen LogP contribution in [0.25, 0.3) is 0 Å². The van der Waals surface area contributed by atoms with Gasteiger partial charge in [-0.2, -0.15) is 5.26 Å². The highest BCUT2D eigenvalue weighted by molar-refractivity contribution is 7.10. The van der Waals surface area contributed by atoms with E-state index in [4.69, 9.17) is 5.26 Å². The second kappa shape index (κ2) is 5.61. The summed E-state index contributed by atoms with van der Waals surface area (Å²) in [6, 6.07) is 6.31. The minimum Gasteiger partial charge on any atom is -0.360 e. The van der Waals surface area contributed by atoms with Gasteiger partial charge >= 0.3 is 0 Å². The van der Waals surface area contributed by atoms with Crippen molar-refractivity contribution in [1.82, 2.24) is 9.97 Å². The van der Waals surface area contributed by atoms with E-state index >= 15 is 0 Å². The van der Waals surface area contributed by atoms with Crippen molar-refractivity contribution >= 4 is 17.2 Å². The quantitative estimate of drug-likeness (QED) is 0.914. The largest absolute Gasteiger partial charge is 0.360 e. The van der Waals surface area contributed by atoms with Crippen LogP contribution in [0.2, 0.25) is 0 Å². The van der Waals surface area contributed by atoms with Gasteiger partial charge in [-0.3, -0.25) is 0 Å². The topological polar surface area (TPSA) is 61.6 Å². The summed E-state index contributed by atoms with van der Waals surface area (Å²) in [4.78, 5) is 9.43. The molecule has 92 valence electrons. The molecule has 0 bridgehead atoms. The van der Waals surface area contributed by atoms with E-state index in [0.717, 1.165) is 0 Å². The third-order valence-corrected chi connectivity index (χ3v) is 3.57. The molecule has 0 spiro atoms. The van der Waals surface area contributed by atoms with Crippen LogP contribution < -0.4 is 5.32 Å². The van der Waals surface area contributed by atoms with Crippen LogP contribution in [-0.4, -0.2) is 9.97 Å². The third kappa shape index (κ3) is 2.66. The van der Waals surface area contributed by atoms with Crippen molar-refractivity contribution in [1.29, 1.82) is 5.26 Å². The molecular weight excluding hydrogens is 244 g/mol. The Morgan fingerprint density at radius 2 is 2.11 bits per heavy atom. The molecular formula is C13H14N4S. The zero-order valence-electron chi connectivity index (χ0n) is 10.3. The Morgan fingerprint density at radius 3 is 2.72 bits per heavy atom. The Morgan fingerprint density at radius 1 is 1.33 bits per heavy atom. The van der Waals surface area contributed by atoms with Crippen molar-refractivity contribution in [3.63, 3.8) is 0 Å². The molecule has 0 fully saturated rings. The predicted molar refractivity (Wildman–Crippen MR) is 72.3 cm³/mol. The molecule has 2 aromatic rings. The van der Waals surface area contributed by atoms with Crippen molar-refractivity contribution in [3.8, 4) is 6.07 Å². The van der Waals surface area contributed by atoms with Gasteiger partial charge in [0.1, 0.15) is 6.07 Å². The highest BCUT2D eigenvalue weighted by atomic mass is 32.1. The SMILES string of the molecule is CC(C)C(Nc1nccnc1C#N)c1cccs1. The predicted octanol–water partition coefficient (Wildman–Crippen LogP) is 3.22. The van der Waals surface area contributed by atoms with E-state index in [-0.39, 0.29) is 6.04 Å². The van der Waals surface area contributed by atoms with Crippen LogP contribution in [0.1, 0.15) is 30.5 Å². The Balaban J connectivity index is 2.28. The van der Waals surface area contributed by atoms with E-state index in [0.29, 0.717) is 17.4 Å². The van der Waals surface area contributed by atoms with Gasteiger partial charge in [-0.25, -0.2) is 9.97 Å². The summed E-state index contributed by atoms with van der Waals surface area (Å²) >= 11 is 1.70. The van der Waals surface area contributed by atoms with Gasteiger partial charge in [0.05, 0.1) is 6.04 Å². The van der Waals surface area contributed by atoms with E-state index < -0.39 is 0 Å². The molecule has 0 amide bonds. The van der Waals surface area contributed by atoms with Crippen molar-refractivity contribution < 1.29 is 0 Å². The number of nitriles is 1. The van der Waals surface area contributed by atoms with E-state index in [2.05, 4.69) is 41.3 Å². The molecule has 18 heavy (non-hydrogen) atoms. The average molecular weight is 258 g/mol. The molecule has 0 aliphatic rings. The second-order valence-electron chi connectivity index (χ2n) is 4.25. The van der Waals surface area contributed by atoms with Gasteiger partial charge in [0.2, 0.25) is 0 Å². The van der Waals surface area contributed by atoms with Gasteiger partial charge in [-0.15, -0.1) is 11.3 Å². The van der Waals surface area contributed by atoms with Crippen LogP contribution >= 0.6 is 11.3 Å². The molecule has 5 heteroatoms. The summed E-state index contributed by atoms with van der Waals surface area (Å²) in [5.74, 6) is 0.948. The van der Waals surface area contributed by atoms with E-state index in [1.165, 1.54) is 11.1 Å². The van der Waals surface area contributed by atoms with E-state index in [1.807, 2.05) is 11.4 Å². The zero-order chi connectivity index (χ0) is 13.0. The van der Waals surface area contributed by atoms with Crippen molar-refractivity contribution in [2.24, 2.45) is 5.92 Å². The second-order valence-corrected chi connectivity index (χ2v) is 5.23.